The van der Waals surface area contributed by atoms with Crippen molar-refractivity contribution < 1.29 is 0 Å². The fraction of sp³-hybridized carbons (Fsp3) is 0. The second-order valence-corrected chi connectivity index (χ2v) is 4.93. The summed E-state index contributed by atoms with van der Waals surface area (Å²) in [6.45, 7) is 0. The molecular weight excluding hydrogens is 280 g/mol. The predicted molar refractivity (Wildman–Crippen MR) is 84.9 cm³/mol. The molecule has 2 heterocycles. The third-order valence-electron chi connectivity index (χ3n) is 3.51. The van der Waals surface area contributed by atoms with Gasteiger partial charge in [-0.2, -0.15) is 4.68 Å². The van der Waals surface area contributed by atoms with Crippen molar-refractivity contribution in [3.8, 4) is 5.69 Å². The third-order valence-corrected chi connectivity index (χ3v) is 3.51. The summed E-state index contributed by atoms with van der Waals surface area (Å²) in [6.07, 6.45) is 0. The molecule has 108 valence electrons. The van der Waals surface area contributed by atoms with Gasteiger partial charge in [0.05, 0.1) is 16.7 Å². The lowest BCUT2D eigenvalue weighted by Gasteiger charge is -2.01. The number of benzene rings is 2. The highest BCUT2D eigenvalue weighted by molar-refractivity contribution is 5.81. The van der Waals surface area contributed by atoms with Gasteiger partial charge in [0.1, 0.15) is 0 Å². The Morgan fingerprint density at radius 2 is 1.68 bits per heavy atom. The minimum Gasteiger partial charge on any atom is -0.399 e. The van der Waals surface area contributed by atoms with E-state index in [-0.39, 0.29) is 11.5 Å². The number of rotatable bonds is 1. The summed E-state index contributed by atoms with van der Waals surface area (Å²) < 4.78 is 2.76. The van der Waals surface area contributed by atoms with E-state index < -0.39 is 0 Å². The maximum absolute atomic E-state index is 12.7. The van der Waals surface area contributed by atoms with Crippen molar-refractivity contribution in [2.24, 2.45) is 0 Å². The Bertz CT molecular complexity index is 1060. The van der Waals surface area contributed by atoms with Gasteiger partial charge >= 0.3 is 5.69 Å². The Kier molecular flexibility index (Phi) is 2.43. The molecule has 0 saturated carbocycles. The van der Waals surface area contributed by atoms with Crippen molar-refractivity contribution in [2.75, 3.05) is 11.5 Å². The lowest BCUT2D eigenvalue weighted by atomic mass is 10.3. The fourth-order valence-corrected chi connectivity index (χ4v) is 2.46. The first-order valence-electron chi connectivity index (χ1n) is 6.67. The molecule has 0 fully saturated rings. The molecule has 7 heteroatoms. The standard InChI is InChI=1S/C15H12N6O/c16-9-5-7-10(8-6-9)21-15(22)20-12-4-2-1-3-11(12)18-13(17)14(20)19-21/h1-8H,16H2,(H2,17,18). The summed E-state index contributed by atoms with van der Waals surface area (Å²) in [4.78, 5) is 17.0. The number of para-hydroxylation sites is 2. The van der Waals surface area contributed by atoms with E-state index in [9.17, 15) is 4.79 Å². The number of aromatic nitrogens is 4. The average molecular weight is 292 g/mol. The van der Waals surface area contributed by atoms with Crippen molar-refractivity contribution >= 4 is 28.2 Å². The third kappa shape index (κ3) is 1.65. The molecular formula is C15H12N6O. The van der Waals surface area contributed by atoms with Crippen LogP contribution in [-0.2, 0) is 0 Å². The normalized spacial score (nSPS) is 11.3. The number of nitrogen functional groups attached to an aromatic ring is 2. The highest BCUT2D eigenvalue weighted by Crippen LogP contribution is 2.17. The smallest absolute Gasteiger partial charge is 0.355 e. The second kappa shape index (κ2) is 4.32. The predicted octanol–water partition coefficient (Wildman–Crippen LogP) is 1.20. The molecule has 0 atom stereocenters. The first kappa shape index (κ1) is 12.4. The van der Waals surface area contributed by atoms with Gasteiger partial charge in [-0.05, 0) is 36.4 Å². The van der Waals surface area contributed by atoms with Crippen LogP contribution in [0.4, 0.5) is 11.5 Å². The van der Waals surface area contributed by atoms with Crippen LogP contribution < -0.4 is 17.2 Å². The van der Waals surface area contributed by atoms with Gasteiger partial charge in [-0.1, -0.05) is 12.1 Å². The summed E-state index contributed by atoms with van der Waals surface area (Å²) >= 11 is 0. The van der Waals surface area contributed by atoms with Crippen LogP contribution in [0.15, 0.2) is 53.3 Å². The average Bonchev–Trinajstić information content (AvgIpc) is 2.87. The zero-order chi connectivity index (χ0) is 15.3. The fourth-order valence-electron chi connectivity index (χ4n) is 2.46. The maximum Gasteiger partial charge on any atom is 0.355 e. The van der Waals surface area contributed by atoms with Crippen molar-refractivity contribution in [1.29, 1.82) is 0 Å². The number of anilines is 2. The topological polar surface area (TPSA) is 104 Å². The minimum absolute atomic E-state index is 0.213. The first-order chi connectivity index (χ1) is 10.6. The number of nitrogens with zero attached hydrogens (tertiary/aromatic N) is 4. The van der Waals surface area contributed by atoms with Gasteiger partial charge in [-0.15, -0.1) is 5.10 Å². The molecule has 0 radical (unpaired) electrons. The van der Waals surface area contributed by atoms with E-state index in [4.69, 9.17) is 11.5 Å². The molecule has 0 spiro atoms. The summed E-state index contributed by atoms with van der Waals surface area (Å²) in [5.74, 6) is 0.213. The molecule has 0 saturated heterocycles. The molecule has 4 rings (SSSR count). The highest BCUT2D eigenvalue weighted by Gasteiger charge is 2.15. The number of hydrogen-bond donors (Lipinski definition) is 2. The van der Waals surface area contributed by atoms with E-state index in [1.807, 2.05) is 18.2 Å². The zero-order valence-corrected chi connectivity index (χ0v) is 11.5. The molecule has 2 aromatic heterocycles. The molecule has 0 aliphatic rings. The SMILES string of the molecule is Nc1ccc(-n2nc3c(N)nc4ccccc4n3c2=O)cc1. The van der Waals surface area contributed by atoms with Crippen molar-refractivity contribution in [3.05, 3.63) is 59.0 Å². The second-order valence-electron chi connectivity index (χ2n) is 4.93. The lowest BCUT2D eigenvalue weighted by molar-refractivity contribution is 0.843. The first-order valence-corrected chi connectivity index (χ1v) is 6.67. The van der Waals surface area contributed by atoms with Gasteiger partial charge in [0.15, 0.2) is 5.82 Å². The molecule has 0 unspecified atom stereocenters. The summed E-state index contributed by atoms with van der Waals surface area (Å²) in [6, 6.07) is 14.2. The summed E-state index contributed by atoms with van der Waals surface area (Å²) in [5, 5.41) is 4.30. The van der Waals surface area contributed by atoms with E-state index in [2.05, 4.69) is 10.1 Å². The van der Waals surface area contributed by atoms with Crippen LogP contribution in [0.1, 0.15) is 0 Å². The van der Waals surface area contributed by atoms with Crippen molar-refractivity contribution in [3.63, 3.8) is 0 Å². The van der Waals surface area contributed by atoms with Crippen LogP contribution >= 0.6 is 0 Å². The molecule has 7 nitrogen and oxygen atoms in total. The maximum atomic E-state index is 12.7. The largest absolute Gasteiger partial charge is 0.399 e. The number of hydrogen-bond acceptors (Lipinski definition) is 5. The van der Waals surface area contributed by atoms with E-state index in [0.29, 0.717) is 28.1 Å². The van der Waals surface area contributed by atoms with Crippen molar-refractivity contribution in [2.45, 2.75) is 0 Å². The molecule has 4 N–H and O–H groups in total. The van der Waals surface area contributed by atoms with Crippen LogP contribution in [0, 0.1) is 0 Å². The van der Waals surface area contributed by atoms with Gasteiger partial charge in [-0.25, -0.2) is 14.2 Å². The lowest BCUT2D eigenvalue weighted by Crippen LogP contribution is -2.20. The Balaban J connectivity index is 2.13. The Hall–Kier alpha value is -3.35. The number of fused-ring (bicyclic) bond motifs is 3. The van der Waals surface area contributed by atoms with E-state index >= 15 is 0 Å². The molecule has 2 aromatic carbocycles. The molecule has 0 amide bonds. The Labute approximate surface area is 124 Å². The summed E-state index contributed by atoms with van der Waals surface area (Å²) in [5.41, 5.74) is 14.2. The quantitative estimate of drug-likeness (QED) is 0.513. The highest BCUT2D eigenvalue weighted by atomic mass is 16.2. The zero-order valence-electron chi connectivity index (χ0n) is 11.5. The molecule has 22 heavy (non-hydrogen) atoms. The van der Waals surface area contributed by atoms with Gasteiger partial charge in [0.25, 0.3) is 0 Å². The van der Waals surface area contributed by atoms with Crippen LogP contribution in [-0.4, -0.2) is 19.2 Å². The van der Waals surface area contributed by atoms with Gasteiger partial charge in [0, 0.05) is 5.69 Å². The molecule has 4 aromatic rings. The van der Waals surface area contributed by atoms with Crippen molar-refractivity contribution in [1.82, 2.24) is 19.2 Å². The van der Waals surface area contributed by atoms with E-state index in [1.165, 1.54) is 9.08 Å². The van der Waals surface area contributed by atoms with E-state index in [1.54, 1.807) is 30.3 Å². The van der Waals surface area contributed by atoms with Gasteiger partial charge in [-0.3, -0.25) is 0 Å². The van der Waals surface area contributed by atoms with E-state index in [0.717, 1.165) is 0 Å². The summed E-state index contributed by atoms with van der Waals surface area (Å²) in [7, 11) is 0. The molecule has 0 aliphatic heterocycles. The minimum atomic E-state index is -0.301. The molecule has 0 bridgehead atoms. The van der Waals surface area contributed by atoms with Crippen LogP contribution in [0.5, 0.6) is 0 Å². The Morgan fingerprint density at radius 1 is 0.955 bits per heavy atom. The van der Waals surface area contributed by atoms with Gasteiger partial charge in [0.2, 0.25) is 5.65 Å². The Morgan fingerprint density at radius 3 is 2.45 bits per heavy atom. The van der Waals surface area contributed by atoms with Crippen LogP contribution in [0.25, 0.3) is 22.4 Å². The van der Waals surface area contributed by atoms with Crippen LogP contribution in [0.2, 0.25) is 0 Å². The van der Waals surface area contributed by atoms with Gasteiger partial charge < -0.3 is 11.5 Å². The van der Waals surface area contributed by atoms with Crippen LogP contribution in [0.3, 0.4) is 0 Å². The monoisotopic (exact) mass is 292 g/mol. The number of nitrogens with two attached hydrogens (primary N) is 2. The molecule has 0 aliphatic carbocycles.